The molecule has 2 fully saturated rings. The number of carboxylic acid groups (broad SMARTS) is 1. The summed E-state index contributed by atoms with van der Waals surface area (Å²) in [7, 11) is 0. The molecule has 11 unspecified atom stereocenters. The van der Waals surface area contributed by atoms with E-state index in [4.69, 9.17) is 10.5 Å². The maximum atomic E-state index is 11.4. The van der Waals surface area contributed by atoms with Crippen LogP contribution in [0.3, 0.4) is 0 Å². The third-order valence-corrected chi connectivity index (χ3v) is 12.6. The van der Waals surface area contributed by atoms with Gasteiger partial charge in [0, 0.05) is 7.85 Å². The quantitative estimate of drug-likeness (QED) is 0.233. The first-order valence-corrected chi connectivity index (χ1v) is 14.9. The van der Waals surface area contributed by atoms with Crippen LogP contribution in [0.2, 0.25) is 0 Å². The Bertz CT molecular complexity index is 575. The molecule has 0 aliphatic heterocycles. The summed E-state index contributed by atoms with van der Waals surface area (Å²) in [6.07, 6.45) is 4.83. The van der Waals surface area contributed by atoms with Crippen molar-refractivity contribution < 1.29 is 14.6 Å². The molecule has 0 saturated heterocycles. The van der Waals surface area contributed by atoms with Gasteiger partial charge in [0.15, 0.2) is 0 Å². The maximum absolute atomic E-state index is 11.4. The molecule has 2 aliphatic carbocycles. The Labute approximate surface area is 217 Å². The van der Waals surface area contributed by atoms with Gasteiger partial charge in [-0.1, -0.05) is 106 Å². The van der Waals surface area contributed by atoms with Gasteiger partial charge in [-0.15, -0.1) is 0 Å². The van der Waals surface area contributed by atoms with Crippen molar-refractivity contribution in [1.29, 1.82) is 0 Å². The Hall–Kier alpha value is 0.850. The van der Waals surface area contributed by atoms with E-state index in [0.717, 1.165) is 17.8 Å². The number of rotatable bonds is 8. The molecule has 0 spiro atoms. The fourth-order valence-corrected chi connectivity index (χ4v) is 9.86. The lowest BCUT2D eigenvalue weighted by Gasteiger charge is -2.52. The molecule has 0 amide bonds. The number of hydrogen-bond donors (Lipinski definition) is 2. The van der Waals surface area contributed by atoms with Crippen molar-refractivity contribution in [2.24, 2.45) is 53.1 Å². The number of halogens is 2. The highest BCUT2D eigenvalue weighted by atomic mass is 127. The molecule has 6 heteroatoms. The van der Waals surface area contributed by atoms with Crippen LogP contribution in [0.25, 0.3) is 0 Å². The molecule has 0 aromatic rings. The van der Waals surface area contributed by atoms with Gasteiger partial charge in [0.05, 0.1) is 12.2 Å². The molecule has 182 valence electrons. The maximum Gasteiger partial charge on any atom is 0.320 e. The second-order valence-electron chi connectivity index (χ2n) is 10.7. The molecule has 0 radical (unpaired) electrons. The third-order valence-electron chi connectivity index (χ3n) is 8.87. The molecular formula is C25H45I2NO3. The first kappa shape index (κ1) is 28.1. The molecule has 0 bridgehead atoms. The zero-order valence-corrected chi connectivity index (χ0v) is 24.7. The molecule has 2 aliphatic rings. The van der Waals surface area contributed by atoms with Crippen LogP contribution in [0.1, 0.15) is 74.1 Å². The predicted molar refractivity (Wildman–Crippen MR) is 146 cm³/mol. The molecule has 2 saturated carbocycles. The summed E-state index contributed by atoms with van der Waals surface area (Å²) in [4.78, 5) is 11.4. The smallest absolute Gasteiger partial charge is 0.320 e. The van der Waals surface area contributed by atoms with Gasteiger partial charge in [-0.2, -0.15) is 0 Å². The van der Waals surface area contributed by atoms with Crippen molar-refractivity contribution in [1.82, 2.24) is 0 Å². The Balaban J connectivity index is 2.20. The molecule has 0 aromatic heterocycles. The van der Waals surface area contributed by atoms with Gasteiger partial charge in [-0.3, -0.25) is 4.79 Å². The summed E-state index contributed by atoms with van der Waals surface area (Å²) in [5.41, 5.74) is 5.93. The van der Waals surface area contributed by atoms with E-state index in [-0.39, 0.29) is 6.10 Å². The highest BCUT2D eigenvalue weighted by molar-refractivity contribution is 14.1. The van der Waals surface area contributed by atoms with Gasteiger partial charge in [0.2, 0.25) is 0 Å². The van der Waals surface area contributed by atoms with Crippen LogP contribution in [0, 0.1) is 47.3 Å². The van der Waals surface area contributed by atoms with Crippen LogP contribution in [-0.2, 0) is 9.53 Å². The molecule has 0 heterocycles. The first-order valence-electron chi connectivity index (χ1n) is 12.4. The van der Waals surface area contributed by atoms with Gasteiger partial charge >= 0.3 is 5.97 Å². The Kier molecular flexibility index (Phi) is 10.9. The molecule has 2 rings (SSSR count). The highest BCUT2D eigenvalue weighted by Gasteiger charge is 2.50. The van der Waals surface area contributed by atoms with E-state index in [1.165, 1.54) is 19.3 Å². The zero-order valence-electron chi connectivity index (χ0n) is 20.4. The van der Waals surface area contributed by atoms with Gasteiger partial charge in [0.1, 0.15) is 6.04 Å². The predicted octanol–water partition coefficient (Wildman–Crippen LogP) is 6.42. The Morgan fingerprint density at radius 3 is 2.06 bits per heavy atom. The highest BCUT2D eigenvalue weighted by Crippen LogP contribution is 2.50. The lowest BCUT2D eigenvalue weighted by atomic mass is 9.61. The van der Waals surface area contributed by atoms with E-state index < -0.39 is 12.0 Å². The average molecular weight is 661 g/mol. The van der Waals surface area contributed by atoms with Crippen LogP contribution >= 0.6 is 45.2 Å². The summed E-state index contributed by atoms with van der Waals surface area (Å²) in [6.45, 7) is 16.5. The number of alkyl halides is 2. The normalized spacial score (nSPS) is 45.8. The molecule has 3 N–H and O–H groups in total. The van der Waals surface area contributed by atoms with Crippen molar-refractivity contribution in [3.8, 4) is 0 Å². The second kappa shape index (κ2) is 12.0. The van der Waals surface area contributed by atoms with Crippen molar-refractivity contribution in [2.45, 2.75) is 100 Å². The molecule has 0 aromatic carbocycles. The third kappa shape index (κ3) is 6.11. The van der Waals surface area contributed by atoms with Gasteiger partial charge in [-0.25, -0.2) is 0 Å². The SMILES string of the molecule is CCC(C)C1C(CC)CC(C)C(OC2C(I)C(C)C(CC(N)C(=O)O)C(C)C2I)C1C. The first-order chi connectivity index (χ1) is 14.5. The standard InChI is InChI=1S/C25H45I2NO3/c1-8-12(3)20-16(7)23(13(4)10-17(20)9-2)31-24-21(26)14(5)18(15(6)22(24)27)11-19(28)25(29)30/h12-24H,8-11,28H2,1-7H3,(H,29,30). The van der Waals surface area contributed by atoms with Crippen LogP contribution in [0.15, 0.2) is 0 Å². The summed E-state index contributed by atoms with van der Waals surface area (Å²) in [5, 5.41) is 9.32. The molecular weight excluding hydrogens is 616 g/mol. The lowest BCUT2D eigenvalue weighted by Crippen LogP contribution is -2.55. The molecule has 31 heavy (non-hydrogen) atoms. The van der Waals surface area contributed by atoms with Gasteiger partial charge < -0.3 is 15.6 Å². The second-order valence-corrected chi connectivity index (χ2v) is 13.6. The zero-order chi connectivity index (χ0) is 23.6. The van der Waals surface area contributed by atoms with Crippen molar-refractivity contribution in [3.05, 3.63) is 0 Å². The average Bonchev–Trinajstić information content (AvgIpc) is 2.73. The number of ether oxygens (including phenoxy) is 1. The monoisotopic (exact) mass is 661 g/mol. The largest absolute Gasteiger partial charge is 0.480 e. The van der Waals surface area contributed by atoms with Gasteiger partial charge in [-0.05, 0) is 60.2 Å². The van der Waals surface area contributed by atoms with Crippen molar-refractivity contribution in [2.75, 3.05) is 0 Å². The van der Waals surface area contributed by atoms with Crippen molar-refractivity contribution >= 4 is 51.2 Å². The number of nitrogens with two attached hydrogens (primary N) is 1. The number of hydrogen-bond acceptors (Lipinski definition) is 3. The Morgan fingerprint density at radius 2 is 1.61 bits per heavy atom. The summed E-state index contributed by atoms with van der Waals surface area (Å²) >= 11 is 5.16. The van der Waals surface area contributed by atoms with E-state index in [2.05, 4.69) is 93.6 Å². The van der Waals surface area contributed by atoms with Crippen LogP contribution in [0.5, 0.6) is 0 Å². The summed E-state index contributed by atoms with van der Waals surface area (Å²) in [5.74, 6) is 3.62. The van der Waals surface area contributed by atoms with Crippen molar-refractivity contribution in [3.63, 3.8) is 0 Å². The van der Waals surface area contributed by atoms with Crippen LogP contribution in [-0.4, -0.2) is 37.2 Å². The van der Waals surface area contributed by atoms with E-state index >= 15 is 0 Å². The van der Waals surface area contributed by atoms with E-state index in [1.807, 2.05) is 0 Å². The van der Waals surface area contributed by atoms with Gasteiger partial charge in [0.25, 0.3) is 0 Å². The minimum absolute atomic E-state index is 0.203. The van der Waals surface area contributed by atoms with E-state index in [1.54, 1.807) is 0 Å². The summed E-state index contributed by atoms with van der Waals surface area (Å²) in [6, 6.07) is -0.778. The minimum atomic E-state index is -0.890. The molecule has 11 atom stereocenters. The number of aliphatic carboxylic acids is 1. The van der Waals surface area contributed by atoms with Crippen LogP contribution in [0.4, 0.5) is 0 Å². The number of carbonyl (C=O) groups is 1. The topological polar surface area (TPSA) is 72.5 Å². The van der Waals surface area contributed by atoms with Crippen LogP contribution < -0.4 is 5.73 Å². The molecule has 4 nitrogen and oxygen atoms in total. The van der Waals surface area contributed by atoms with E-state index in [9.17, 15) is 9.90 Å². The number of carboxylic acids is 1. The lowest BCUT2D eigenvalue weighted by molar-refractivity contribution is -0.141. The summed E-state index contributed by atoms with van der Waals surface area (Å²) < 4.78 is 7.81. The fourth-order valence-electron chi connectivity index (χ4n) is 6.77. The minimum Gasteiger partial charge on any atom is -0.480 e. The van der Waals surface area contributed by atoms with E-state index in [0.29, 0.717) is 50.0 Å². The fraction of sp³-hybridized carbons (Fsp3) is 0.960. The Morgan fingerprint density at radius 1 is 1.06 bits per heavy atom.